The van der Waals surface area contributed by atoms with Crippen molar-refractivity contribution in [2.75, 3.05) is 19.0 Å². The van der Waals surface area contributed by atoms with Gasteiger partial charge in [0.1, 0.15) is 6.10 Å². The maximum Gasteiger partial charge on any atom is 0.324 e. The topological polar surface area (TPSA) is 63.7 Å². The van der Waals surface area contributed by atoms with Crippen molar-refractivity contribution in [1.29, 1.82) is 0 Å². The number of hydrogen-bond acceptors (Lipinski definition) is 5. The zero-order chi connectivity index (χ0) is 16.3. The molecule has 5 nitrogen and oxygen atoms in total. The van der Waals surface area contributed by atoms with Crippen LogP contribution in [-0.4, -0.2) is 37.7 Å². The van der Waals surface area contributed by atoms with Crippen molar-refractivity contribution in [3.8, 4) is 0 Å². The van der Waals surface area contributed by atoms with E-state index in [0.717, 1.165) is 11.3 Å². The molecule has 0 bridgehead atoms. The molecule has 1 aromatic rings. The monoisotopic (exact) mass is 301 g/mol. The number of benzene rings is 1. The zero-order valence-corrected chi connectivity index (χ0v) is 12.9. The number of allylic oxidation sites excluding steroid dienone is 1. The average molecular weight is 301 g/mol. The van der Waals surface area contributed by atoms with E-state index in [9.17, 15) is 14.4 Å². The van der Waals surface area contributed by atoms with Crippen LogP contribution in [0.5, 0.6) is 0 Å². The fourth-order valence-corrected chi connectivity index (χ4v) is 2.27. The fraction of sp³-hybridized carbons (Fsp3) is 0.353. The Kier molecular flexibility index (Phi) is 4.75. The molecule has 1 aliphatic rings. The summed E-state index contributed by atoms with van der Waals surface area (Å²) in [4.78, 5) is 37.5. The number of hydrogen-bond donors (Lipinski definition) is 0. The van der Waals surface area contributed by atoms with Crippen LogP contribution in [0.2, 0.25) is 0 Å². The third kappa shape index (κ3) is 3.61. The molecule has 1 aromatic carbocycles. The van der Waals surface area contributed by atoms with E-state index in [2.05, 4.69) is 0 Å². The minimum atomic E-state index is -1.31. The van der Waals surface area contributed by atoms with Crippen molar-refractivity contribution in [3.05, 3.63) is 35.9 Å². The second-order valence-corrected chi connectivity index (χ2v) is 5.57. The van der Waals surface area contributed by atoms with Crippen molar-refractivity contribution in [2.45, 2.75) is 19.4 Å². The van der Waals surface area contributed by atoms with Gasteiger partial charge in [0.25, 0.3) is 0 Å². The van der Waals surface area contributed by atoms with E-state index in [4.69, 9.17) is 4.74 Å². The molecule has 0 radical (unpaired) electrons. The van der Waals surface area contributed by atoms with Gasteiger partial charge in [-0.2, -0.15) is 0 Å². The highest BCUT2D eigenvalue weighted by Crippen LogP contribution is 2.19. The minimum Gasteiger partial charge on any atom is -0.461 e. The highest BCUT2D eigenvalue weighted by molar-refractivity contribution is 6.22. The van der Waals surface area contributed by atoms with Crippen LogP contribution in [0.3, 0.4) is 0 Å². The summed E-state index contributed by atoms with van der Waals surface area (Å²) in [6, 6.07) is 7.57. The third-order valence-electron chi connectivity index (χ3n) is 3.50. The Bertz CT molecular complexity index is 598. The summed E-state index contributed by atoms with van der Waals surface area (Å²) in [5, 5.41) is 0. The molecule has 0 aliphatic carbocycles. The first-order valence-electron chi connectivity index (χ1n) is 7.11. The number of Topliss-reactive ketones (excluding diaryl/α,β-unsaturated/α-hetero) is 1. The van der Waals surface area contributed by atoms with Crippen LogP contribution in [0.25, 0.3) is 6.08 Å². The summed E-state index contributed by atoms with van der Waals surface area (Å²) in [7, 11) is 3.88. The predicted molar refractivity (Wildman–Crippen MR) is 83.5 cm³/mol. The zero-order valence-electron chi connectivity index (χ0n) is 12.9. The van der Waals surface area contributed by atoms with Gasteiger partial charge >= 0.3 is 5.97 Å². The molecule has 1 aliphatic heterocycles. The summed E-state index contributed by atoms with van der Waals surface area (Å²) in [5.74, 6) is -2.96. The largest absolute Gasteiger partial charge is 0.461 e. The van der Waals surface area contributed by atoms with E-state index in [1.165, 1.54) is 6.08 Å². The van der Waals surface area contributed by atoms with Crippen LogP contribution in [0.15, 0.2) is 30.3 Å². The van der Waals surface area contributed by atoms with Crippen molar-refractivity contribution < 1.29 is 19.1 Å². The quantitative estimate of drug-likeness (QED) is 0.482. The lowest BCUT2D eigenvalue weighted by atomic mass is 9.92. The van der Waals surface area contributed by atoms with Crippen molar-refractivity contribution in [1.82, 2.24) is 0 Å². The summed E-state index contributed by atoms with van der Waals surface area (Å²) in [6.07, 6.45) is 2.50. The Labute approximate surface area is 129 Å². The van der Waals surface area contributed by atoms with Gasteiger partial charge < -0.3 is 9.64 Å². The van der Waals surface area contributed by atoms with Crippen LogP contribution >= 0.6 is 0 Å². The van der Waals surface area contributed by atoms with Gasteiger partial charge in [-0.25, -0.2) is 0 Å². The molecule has 1 heterocycles. The van der Waals surface area contributed by atoms with Gasteiger partial charge in [0, 0.05) is 26.2 Å². The lowest BCUT2D eigenvalue weighted by molar-refractivity contribution is -0.164. The number of rotatable bonds is 4. The van der Waals surface area contributed by atoms with Gasteiger partial charge in [0.05, 0.1) is 0 Å². The third-order valence-corrected chi connectivity index (χ3v) is 3.50. The Hall–Kier alpha value is -2.43. The van der Waals surface area contributed by atoms with Gasteiger partial charge in [-0.15, -0.1) is 0 Å². The molecule has 22 heavy (non-hydrogen) atoms. The molecule has 0 amide bonds. The molecule has 2 atom stereocenters. The SMILES string of the molecule is CC1CC(=O)C(C(=O)C=Cc2ccc(N(C)C)cc2)C(=O)O1. The van der Waals surface area contributed by atoms with Crippen molar-refractivity contribution >= 4 is 29.3 Å². The molecular formula is C17H19NO4. The summed E-state index contributed by atoms with van der Waals surface area (Å²) in [6.45, 7) is 1.64. The normalized spacial score (nSPS) is 21.8. The van der Waals surface area contributed by atoms with Crippen LogP contribution in [0, 0.1) is 5.92 Å². The number of anilines is 1. The van der Waals surface area contributed by atoms with E-state index in [1.54, 1.807) is 13.0 Å². The van der Waals surface area contributed by atoms with Gasteiger partial charge in [0.15, 0.2) is 17.5 Å². The minimum absolute atomic E-state index is 0.0908. The average Bonchev–Trinajstić information content (AvgIpc) is 2.44. The molecule has 2 rings (SSSR count). The number of cyclic esters (lactones) is 1. The number of nitrogens with zero attached hydrogens (tertiary/aromatic N) is 1. The smallest absolute Gasteiger partial charge is 0.324 e. The number of carbonyl (C=O) groups excluding carboxylic acids is 3. The lowest BCUT2D eigenvalue weighted by Gasteiger charge is -2.22. The van der Waals surface area contributed by atoms with Gasteiger partial charge in [-0.05, 0) is 30.7 Å². The van der Waals surface area contributed by atoms with Crippen LogP contribution < -0.4 is 4.90 Å². The molecule has 0 spiro atoms. The first-order chi connectivity index (χ1) is 10.4. The highest BCUT2D eigenvalue weighted by Gasteiger charge is 2.39. The van der Waals surface area contributed by atoms with E-state index in [0.29, 0.717) is 0 Å². The van der Waals surface area contributed by atoms with Crippen LogP contribution in [-0.2, 0) is 19.1 Å². The number of ketones is 2. The van der Waals surface area contributed by atoms with Gasteiger partial charge in [0.2, 0.25) is 0 Å². The summed E-state index contributed by atoms with van der Waals surface area (Å²) >= 11 is 0. The highest BCUT2D eigenvalue weighted by atomic mass is 16.5. The van der Waals surface area contributed by atoms with Gasteiger partial charge in [-0.1, -0.05) is 18.2 Å². The van der Waals surface area contributed by atoms with Crippen LogP contribution in [0.1, 0.15) is 18.9 Å². The fourth-order valence-electron chi connectivity index (χ4n) is 2.27. The first-order valence-corrected chi connectivity index (χ1v) is 7.11. The molecule has 2 unspecified atom stereocenters. The van der Waals surface area contributed by atoms with Crippen molar-refractivity contribution in [3.63, 3.8) is 0 Å². The molecule has 1 saturated heterocycles. The van der Waals surface area contributed by atoms with E-state index in [-0.39, 0.29) is 12.2 Å². The maximum atomic E-state index is 12.1. The van der Waals surface area contributed by atoms with Crippen molar-refractivity contribution in [2.24, 2.45) is 5.92 Å². The van der Waals surface area contributed by atoms with Gasteiger partial charge in [-0.3, -0.25) is 14.4 Å². The molecule has 5 heteroatoms. The first kappa shape index (κ1) is 15.9. The predicted octanol–water partition coefficient (Wildman–Crippen LogP) is 1.86. The van der Waals surface area contributed by atoms with E-state index >= 15 is 0 Å². The summed E-state index contributed by atoms with van der Waals surface area (Å²) in [5.41, 5.74) is 1.87. The molecule has 0 saturated carbocycles. The van der Waals surface area contributed by atoms with Crippen LogP contribution in [0.4, 0.5) is 5.69 Å². The molecule has 0 N–H and O–H groups in total. The standard InChI is InChI=1S/C17H19NO4/c1-11-10-15(20)16(17(21)22-11)14(19)9-6-12-4-7-13(8-5-12)18(2)3/h4-9,11,16H,10H2,1-3H3. The maximum absolute atomic E-state index is 12.1. The number of esters is 1. The molecular weight excluding hydrogens is 282 g/mol. The van der Waals surface area contributed by atoms with E-state index < -0.39 is 23.8 Å². The molecule has 1 fully saturated rings. The summed E-state index contributed by atoms with van der Waals surface area (Å²) < 4.78 is 4.96. The van der Waals surface area contributed by atoms with E-state index in [1.807, 2.05) is 43.3 Å². The Balaban J connectivity index is 2.07. The Morgan fingerprint density at radius 2 is 1.86 bits per heavy atom. The Morgan fingerprint density at radius 3 is 2.41 bits per heavy atom. The number of ether oxygens (including phenoxy) is 1. The second-order valence-electron chi connectivity index (χ2n) is 5.57. The Morgan fingerprint density at radius 1 is 1.23 bits per heavy atom. The lowest BCUT2D eigenvalue weighted by Crippen LogP contribution is -2.41. The number of carbonyl (C=O) groups is 3. The second kappa shape index (κ2) is 6.56. The molecule has 116 valence electrons. The molecule has 0 aromatic heterocycles.